The fraction of sp³-hybridized carbons (Fsp3) is 0.400. The van der Waals surface area contributed by atoms with Gasteiger partial charge in [0.05, 0.1) is 5.69 Å². The molecule has 0 aliphatic heterocycles. The monoisotopic (exact) mass is 369 g/mol. The predicted octanol–water partition coefficient (Wildman–Crippen LogP) is 3.57. The summed E-state index contributed by atoms with van der Waals surface area (Å²) in [5.74, 6) is 0. The summed E-state index contributed by atoms with van der Waals surface area (Å²) >= 11 is 2.35. The van der Waals surface area contributed by atoms with E-state index in [1.807, 2.05) is 11.7 Å². The zero-order valence-corrected chi connectivity index (χ0v) is 13.8. The van der Waals surface area contributed by atoms with Crippen LogP contribution in [0.4, 0.5) is 0 Å². The van der Waals surface area contributed by atoms with Gasteiger partial charge in [0.25, 0.3) is 0 Å². The molecule has 1 atom stereocenters. The number of aromatic nitrogens is 2. The summed E-state index contributed by atoms with van der Waals surface area (Å²) in [4.78, 5) is 0. The average Bonchev–Trinajstić information content (AvgIpc) is 2.84. The maximum absolute atomic E-state index is 4.62. The van der Waals surface area contributed by atoms with Crippen molar-refractivity contribution in [3.63, 3.8) is 0 Å². The van der Waals surface area contributed by atoms with Crippen molar-refractivity contribution in [2.24, 2.45) is 0 Å². The number of benzene rings is 1. The van der Waals surface area contributed by atoms with Crippen LogP contribution < -0.4 is 5.32 Å². The number of halogens is 1. The normalized spacial score (nSPS) is 12.9. The third-order valence-corrected chi connectivity index (χ3v) is 3.88. The van der Waals surface area contributed by atoms with Crippen LogP contribution in [-0.4, -0.2) is 16.8 Å². The standard InChI is InChI=1S/C15H20IN3/c1-11(2)19-8-7-14(18-19)10-15(17-3)12-5-4-6-13(16)9-12/h4-9,11,15,17H,10H2,1-3H3. The van der Waals surface area contributed by atoms with Crippen molar-refractivity contribution in [3.05, 3.63) is 51.4 Å². The fourth-order valence-electron chi connectivity index (χ4n) is 2.09. The van der Waals surface area contributed by atoms with Crippen LogP contribution in [0.1, 0.15) is 37.2 Å². The summed E-state index contributed by atoms with van der Waals surface area (Å²) in [5, 5.41) is 8.00. The molecule has 19 heavy (non-hydrogen) atoms. The van der Waals surface area contributed by atoms with E-state index in [9.17, 15) is 0 Å². The lowest BCUT2D eigenvalue weighted by Crippen LogP contribution is -2.19. The highest BCUT2D eigenvalue weighted by molar-refractivity contribution is 14.1. The zero-order chi connectivity index (χ0) is 13.8. The third kappa shape index (κ3) is 3.79. The van der Waals surface area contributed by atoms with Gasteiger partial charge in [-0.25, -0.2) is 0 Å². The van der Waals surface area contributed by atoms with Crippen molar-refractivity contribution >= 4 is 22.6 Å². The van der Waals surface area contributed by atoms with E-state index in [4.69, 9.17) is 0 Å². The fourth-order valence-corrected chi connectivity index (χ4v) is 2.66. The van der Waals surface area contributed by atoms with Crippen molar-refractivity contribution in [1.82, 2.24) is 15.1 Å². The first-order chi connectivity index (χ1) is 9.10. The maximum atomic E-state index is 4.62. The van der Waals surface area contributed by atoms with E-state index >= 15 is 0 Å². The SMILES string of the molecule is CNC(Cc1ccn(C(C)C)n1)c1cccc(I)c1. The molecule has 0 fully saturated rings. The topological polar surface area (TPSA) is 29.9 Å². The van der Waals surface area contributed by atoms with E-state index in [0.717, 1.165) is 12.1 Å². The van der Waals surface area contributed by atoms with Crippen LogP contribution in [0, 0.1) is 3.57 Å². The second-order valence-electron chi connectivity index (χ2n) is 4.98. The Balaban J connectivity index is 2.14. The van der Waals surface area contributed by atoms with Crippen LogP contribution in [0.3, 0.4) is 0 Å². The van der Waals surface area contributed by atoms with E-state index in [1.54, 1.807) is 0 Å². The Kier molecular flexibility index (Phi) is 4.99. The molecule has 0 saturated heterocycles. The van der Waals surface area contributed by atoms with Crippen molar-refractivity contribution < 1.29 is 0 Å². The summed E-state index contributed by atoms with van der Waals surface area (Å²) in [6, 6.07) is 11.4. The quantitative estimate of drug-likeness (QED) is 0.817. The zero-order valence-electron chi connectivity index (χ0n) is 11.6. The smallest absolute Gasteiger partial charge is 0.0643 e. The molecule has 1 heterocycles. The Morgan fingerprint density at radius 3 is 2.68 bits per heavy atom. The molecule has 102 valence electrons. The number of nitrogens with zero attached hydrogens (tertiary/aromatic N) is 2. The molecule has 4 heteroatoms. The molecule has 0 spiro atoms. The lowest BCUT2D eigenvalue weighted by Gasteiger charge is -2.16. The number of hydrogen-bond donors (Lipinski definition) is 1. The minimum absolute atomic E-state index is 0.310. The minimum Gasteiger partial charge on any atom is -0.313 e. The van der Waals surface area contributed by atoms with Gasteiger partial charge in [-0.3, -0.25) is 4.68 Å². The molecular formula is C15H20IN3. The van der Waals surface area contributed by atoms with Gasteiger partial charge in [-0.15, -0.1) is 0 Å². The third-order valence-electron chi connectivity index (χ3n) is 3.21. The Morgan fingerprint density at radius 1 is 1.32 bits per heavy atom. The highest BCUT2D eigenvalue weighted by Gasteiger charge is 2.12. The van der Waals surface area contributed by atoms with Crippen LogP contribution >= 0.6 is 22.6 Å². The minimum atomic E-state index is 0.310. The number of rotatable bonds is 5. The molecular weight excluding hydrogens is 349 g/mol. The van der Waals surface area contributed by atoms with Crippen LogP contribution in [-0.2, 0) is 6.42 Å². The second-order valence-corrected chi connectivity index (χ2v) is 6.23. The van der Waals surface area contributed by atoms with Gasteiger partial charge in [0.15, 0.2) is 0 Å². The molecule has 0 saturated carbocycles. The summed E-state index contributed by atoms with van der Waals surface area (Å²) in [7, 11) is 2.00. The number of likely N-dealkylation sites (N-methyl/N-ethyl adjacent to an activating group) is 1. The molecule has 1 aromatic carbocycles. The molecule has 1 unspecified atom stereocenters. The van der Waals surface area contributed by atoms with Gasteiger partial charge < -0.3 is 5.32 Å². The highest BCUT2D eigenvalue weighted by atomic mass is 127. The number of hydrogen-bond acceptors (Lipinski definition) is 2. The van der Waals surface area contributed by atoms with Crippen LogP contribution in [0.15, 0.2) is 36.5 Å². The Hall–Kier alpha value is -0.880. The molecule has 1 N–H and O–H groups in total. The van der Waals surface area contributed by atoms with E-state index in [1.165, 1.54) is 9.13 Å². The van der Waals surface area contributed by atoms with Crippen molar-refractivity contribution in [2.75, 3.05) is 7.05 Å². The van der Waals surface area contributed by atoms with E-state index in [-0.39, 0.29) is 0 Å². The van der Waals surface area contributed by atoms with Gasteiger partial charge in [-0.2, -0.15) is 5.10 Å². The highest BCUT2D eigenvalue weighted by Crippen LogP contribution is 2.19. The molecule has 1 aromatic heterocycles. The second kappa shape index (κ2) is 6.52. The van der Waals surface area contributed by atoms with Gasteiger partial charge in [0.1, 0.15) is 0 Å². The Labute approximate surface area is 128 Å². The van der Waals surface area contributed by atoms with Crippen LogP contribution in [0.2, 0.25) is 0 Å². The summed E-state index contributed by atoms with van der Waals surface area (Å²) in [6.07, 6.45) is 2.97. The Morgan fingerprint density at radius 2 is 2.11 bits per heavy atom. The van der Waals surface area contributed by atoms with Gasteiger partial charge in [0, 0.05) is 28.3 Å². The summed E-state index contributed by atoms with van der Waals surface area (Å²) < 4.78 is 3.28. The molecule has 3 nitrogen and oxygen atoms in total. The van der Waals surface area contributed by atoms with Gasteiger partial charge in [-0.05, 0) is 67.2 Å². The van der Waals surface area contributed by atoms with Gasteiger partial charge in [0.2, 0.25) is 0 Å². The van der Waals surface area contributed by atoms with Crippen LogP contribution in [0.5, 0.6) is 0 Å². The molecule has 0 amide bonds. The van der Waals surface area contributed by atoms with Crippen molar-refractivity contribution in [3.8, 4) is 0 Å². The molecule has 0 bridgehead atoms. The predicted molar refractivity (Wildman–Crippen MR) is 87.3 cm³/mol. The molecule has 2 aromatic rings. The van der Waals surface area contributed by atoms with E-state index in [2.05, 4.69) is 83.4 Å². The lowest BCUT2D eigenvalue weighted by molar-refractivity contribution is 0.515. The first-order valence-electron chi connectivity index (χ1n) is 6.57. The van der Waals surface area contributed by atoms with Gasteiger partial charge in [-0.1, -0.05) is 12.1 Å². The largest absolute Gasteiger partial charge is 0.313 e. The molecule has 0 aliphatic rings. The first kappa shape index (κ1) is 14.5. The van der Waals surface area contributed by atoms with E-state index in [0.29, 0.717) is 12.1 Å². The van der Waals surface area contributed by atoms with Crippen molar-refractivity contribution in [2.45, 2.75) is 32.4 Å². The van der Waals surface area contributed by atoms with Crippen molar-refractivity contribution in [1.29, 1.82) is 0 Å². The molecule has 0 radical (unpaired) electrons. The summed E-state index contributed by atoms with van der Waals surface area (Å²) in [6.45, 7) is 4.29. The van der Waals surface area contributed by atoms with E-state index < -0.39 is 0 Å². The van der Waals surface area contributed by atoms with Crippen LogP contribution in [0.25, 0.3) is 0 Å². The number of nitrogens with one attached hydrogen (secondary N) is 1. The lowest BCUT2D eigenvalue weighted by atomic mass is 10.0. The maximum Gasteiger partial charge on any atom is 0.0643 e. The Bertz CT molecular complexity index is 534. The molecule has 0 aliphatic carbocycles. The summed E-state index contributed by atoms with van der Waals surface area (Å²) in [5.41, 5.74) is 2.44. The molecule has 2 rings (SSSR count). The van der Waals surface area contributed by atoms with Gasteiger partial charge >= 0.3 is 0 Å². The average molecular weight is 369 g/mol. The first-order valence-corrected chi connectivity index (χ1v) is 7.64.